The van der Waals surface area contributed by atoms with E-state index in [0.29, 0.717) is 24.7 Å². The van der Waals surface area contributed by atoms with Gasteiger partial charge >= 0.3 is 6.09 Å². The van der Waals surface area contributed by atoms with Gasteiger partial charge in [-0.15, -0.1) is 0 Å². The number of ether oxygens (including phenoxy) is 1. The number of rotatable bonds is 2. The van der Waals surface area contributed by atoms with E-state index in [9.17, 15) is 4.79 Å². The summed E-state index contributed by atoms with van der Waals surface area (Å²) < 4.78 is 10.7. The number of hydrogen-bond donors (Lipinski definition) is 1. The number of furan rings is 1. The molecule has 1 aliphatic heterocycles. The van der Waals surface area contributed by atoms with E-state index in [1.54, 1.807) is 11.2 Å². The average Bonchev–Trinajstić information content (AvgIpc) is 3.17. The van der Waals surface area contributed by atoms with Crippen LogP contribution in [0.25, 0.3) is 11.6 Å². The molecule has 1 amide bonds. The van der Waals surface area contributed by atoms with E-state index in [1.165, 1.54) is 0 Å². The third-order valence-corrected chi connectivity index (χ3v) is 3.78. The number of nitrogens with one attached hydrogen (secondary N) is 1. The summed E-state index contributed by atoms with van der Waals surface area (Å²) in [4.78, 5) is 18.3. The molecule has 0 aliphatic carbocycles. The molecule has 3 rings (SSSR count). The van der Waals surface area contributed by atoms with Crippen molar-refractivity contribution in [3.05, 3.63) is 24.2 Å². The fraction of sp³-hybridized carbons (Fsp3) is 0.562. The quantitative estimate of drug-likeness (QED) is 0.919. The average molecular weight is 318 g/mol. The van der Waals surface area contributed by atoms with Crippen LogP contribution in [0.5, 0.6) is 0 Å². The molecule has 7 nitrogen and oxygen atoms in total. The van der Waals surface area contributed by atoms with Crippen molar-refractivity contribution in [1.29, 1.82) is 0 Å². The second kappa shape index (κ2) is 6.06. The van der Waals surface area contributed by atoms with E-state index in [1.807, 2.05) is 32.9 Å². The predicted molar refractivity (Wildman–Crippen MR) is 83.9 cm³/mol. The number of H-pyrrole nitrogens is 1. The number of likely N-dealkylation sites (tertiary alicyclic amines) is 1. The summed E-state index contributed by atoms with van der Waals surface area (Å²) in [5.74, 6) is 2.34. The molecule has 3 heterocycles. The Hall–Kier alpha value is -2.31. The Labute approximate surface area is 135 Å². The van der Waals surface area contributed by atoms with Crippen LogP contribution in [0.15, 0.2) is 22.8 Å². The Kier molecular flexibility index (Phi) is 4.11. The highest BCUT2D eigenvalue weighted by atomic mass is 16.6. The third kappa shape index (κ3) is 3.72. The fourth-order valence-corrected chi connectivity index (χ4v) is 2.63. The molecule has 0 aromatic carbocycles. The van der Waals surface area contributed by atoms with E-state index in [2.05, 4.69) is 15.2 Å². The van der Waals surface area contributed by atoms with Crippen LogP contribution in [0.1, 0.15) is 45.4 Å². The highest BCUT2D eigenvalue weighted by molar-refractivity contribution is 5.68. The second-order valence-electron chi connectivity index (χ2n) is 6.76. The Balaban J connectivity index is 1.58. The van der Waals surface area contributed by atoms with Gasteiger partial charge < -0.3 is 14.1 Å². The van der Waals surface area contributed by atoms with Crippen LogP contribution >= 0.6 is 0 Å². The number of aromatic nitrogens is 3. The lowest BCUT2D eigenvalue weighted by molar-refractivity contribution is 0.0203. The van der Waals surface area contributed by atoms with Crippen molar-refractivity contribution < 1.29 is 13.9 Å². The lowest BCUT2D eigenvalue weighted by atomic mass is 9.96. The standard InChI is InChI=1S/C16H22N4O3/c1-16(2,3)23-15(21)20-8-6-11(7-9-20)13-17-14(19-18-13)12-5-4-10-22-12/h4-5,10-11H,6-9H2,1-3H3,(H,17,18,19). The molecule has 1 saturated heterocycles. The highest BCUT2D eigenvalue weighted by Gasteiger charge is 2.29. The molecule has 23 heavy (non-hydrogen) atoms. The Morgan fingerprint density at radius 2 is 2.13 bits per heavy atom. The van der Waals surface area contributed by atoms with Crippen molar-refractivity contribution in [2.45, 2.75) is 45.1 Å². The summed E-state index contributed by atoms with van der Waals surface area (Å²) in [6, 6.07) is 3.64. The SMILES string of the molecule is CC(C)(C)OC(=O)N1CCC(c2nc(-c3ccco3)n[nH]2)CC1. The van der Waals surface area contributed by atoms with Crippen molar-refractivity contribution in [3.63, 3.8) is 0 Å². The molecule has 2 aromatic rings. The largest absolute Gasteiger partial charge is 0.461 e. The van der Waals surface area contributed by atoms with Gasteiger partial charge in [0.2, 0.25) is 5.82 Å². The molecule has 1 aliphatic rings. The molecule has 2 aromatic heterocycles. The van der Waals surface area contributed by atoms with Crippen LogP contribution in [-0.4, -0.2) is 44.9 Å². The molecule has 7 heteroatoms. The van der Waals surface area contributed by atoms with Crippen molar-refractivity contribution in [3.8, 4) is 11.6 Å². The van der Waals surface area contributed by atoms with Gasteiger partial charge in [-0.1, -0.05) is 0 Å². The molecule has 1 fully saturated rings. The number of hydrogen-bond acceptors (Lipinski definition) is 5. The summed E-state index contributed by atoms with van der Waals surface area (Å²) >= 11 is 0. The first-order valence-electron chi connectivity index (χ1n) is 7.86. The molecule has 124 valence electrons. The molecule has 0 spiro atoms. The van der Waals surface area contributed by atoms with E-state index >= 15 is 0 Å². The van der Waals surface area contributed by atoms with Gasteiger partial charge in [0, 0.05) is 19.0 Å². The number of piperidine rings is 1. The summed E-state index contributed by atoms with van der Waals surface area (Å²) in [6.45, 7) is 6.96. The Bertz CT molecular complexity index is 649. The van der Waals surface area contributed by atoms with Gasteiger partial charge in [0.15, 0.2) is 5.76 Å². The molecule has 0 atom stereocenters. The molecule has 1 N–H and O–H groups in total. The van der Waals surface area contributed by atoms with Crippen LogP contribution in [0.3, 0.4) is 0 Å². The topological polar surface area (TPSA) is 84.2 Å². The van der Waals surface area contributed by atoms with Crippen LogP contribution < -0.4 is 0 Å². The molecule has 0 bridgehead atoms. The van der Waals surface area contributed by atoms with E-state index in [0.717, 1.165) is 18.7 Å². The highest BCUT2D eigenvalue weighted by Crippen LogP contribution is 2.27. The van der Waals surface area contributed by atoms with Crippen LogP contribution in [0.2, 0.25) is 0 Å². The zero-order valence-corrected chi connectivity index (χ0v) is 13.7. The maximum atomic E-state index is 12.1. The van der Waals surface area contributed by atoms with Gasteiger partial charge in [-0.05, 0) is 45.7 Å². The molecular formula is C16H22N4O3. The number of carbonyl (C=O) groups excluding carboxylic acids is 1. The van der Waals surface area contributed by atoms with Gasteiger partial charge in [0.25, 0.3) is 0 Å². The summed E-state index contributed by atoms with van der Waals surface area (Å²) in [6.07, 6.45) is 3.03. The fourth-order valence-electron chi connectivity index (χ4n) is 2.63. The zero-order valence-electron chi connectivity index (χ0n) is 13.7. The number of aromatic amines is 1. The molecular weight excluding hydrogens is 296 g/mol. The minimum absolute atomic E-state index is 0.246. The lowest BCUT2D eigenvalue weighted by Gasteiger charge is -2.32. The number of amides is 1. The summed E-state index contributed by atoms with van der Waals surface area (Å²) in [5, 5.41) is 7.19. The van der Waals surface area contributed by atoms with E-state index in [-0.39, 0.29) is 12.0 Å². The maximum Gasteiger partial charge on any atom is 0.410 e. The van der Waals surface area contributed by atoms with E-state index < -0.39 is 5.60 Å². The van der Waals surface area contributed by atoms with Crippen molar-refractivity contribution >= 4 is 6.09 Å². The number of carbonyl (C=O) groups is 1. The Morgan fingerprint density at radius 1 is 1.39 bits per heavy atom. The monoisotopic (exact) mass is 318 g/mol. The molecule has 0 unspecified atom stereocenters. The van der Waals surface area contributed by atoms with Gasteiger partial charge in [0.05, 0.1) is 6.26 Å². The first-order valence-corrected chi connectivity index (χ1v) is 7.86. The smallest absolute Gasteiger partial charge is 0.410 e. The van der Waals surface area contributed by atoms with Crippen molar-refractivity contribution in [2.24, 2.45) is 0 Å². The first kappa shape index (κ1) is 15.6. The normalized spacial score (nSPS) is 16.6. The summed E-state index contributed by atoms with van der Waals surface area (Å²) in [7, 11) is 0. The lowest BCUT2D eigenvalue weighted by Crippen LogP contribution is -2.41. The zero-order chi connectivity index (χ0) is 16.4. The predicted octanol–water partition coefficient (Wildman–Crippen LogP) is 3.18. The number of nitrogens with zero attached hydrogens (tertiary/aromatic N) is 3. The first-order chi connectivity index (χ1) is 10.9. The molecule has 0 saturated carbocycles. The van der Waals surface area contributed by atoms with Gasteiger partial charge in [-0.3, -0.25) is 5.10 Å². The van der Waals surface area contributed by atoms with Gasteiger partial charge in [0.1, 0.15) is 11.4 Å². The summed E-state index contributed by atoms with van der Waals surface area (Å²) in [5.41, 5.74) is -0.462. The van der Waals surface area contributed by atoms with Crippen molar-refractivity contribution in [2.75, 3.05) is 13.1 Å². The maximum absolute atomic E-state index is 12.1. The minimum atomic E-state index is -0.462. The van der Waals surface area contributed by atoms with Gasteiger partial charge in [-0.2, -0.15) is 5.10 Å². The van der Waals surface area contributed by atoms with Crippen LogP contribution in [0, 0.1) is 0 Å². The van der Waals surface area contributed by atoms with Crippen LogP contribution in [0.4, 0.5) is 4.79 Å². The van der Waals surface area contributed by atoms with Crippen molar-refractivity contribution in [1.82, 2.24) is 20.1 Å². The van der Waals surface area contributed by atoms with Crippen LogP contribution in [-0.2, 0) is 4.74 Å². The van der Waals surface area contributed by atoms with E-state index in [4.69, 9.17) is 9.15 Å². The second-order valence-corrected chi connectivity index (χ2v) is 6.76. The Morgan fingerprint density at radius 3 is 2.74 bits per heavy atom. The third-order valence-electron chi connectivity index (χ3n) is 3.78. The van der Waals surface area contributed by atoms with Gasteiger partial charge in [-0.25, -0.2) is 9.78 Å². The minimum Gasteiger partial charge on any atom is -0.461 e. The molecule has 0 radical (unpaired) electrons.